The lowest BCUT2D eigenvalue weighted by Crippen LogP contribution is -1.78. The van der Waals surface area contributed by atoms with E-state index in [2.05, 4.69) is 71.0 Å². The summed E-state index contributed by atoms with van der Waals surface area (Å²) >= 11 is 0. The van der Waals surface area contributed by atoms with E-state index in [0.29, 0.717) is 51.4 Å². The highest BCUT2D eigenvalue weighted by Gasteiger charge is 1.77. The second kappa shape index (κ2) is 20.3. The molecule has 0 amide bonds. The van der Waals surface area contributed by atoms with E-state index >= 15 is 0 Å². The van der Waals surface area contributed by atoms with Crippen LogP contribution in [-0.4, -0.2) is 23.4 Å². The molecule has 0 bridgehead atoms. The van der Waals surface area contributed by atoms with Gasteiger partial charge in [0.2, 0.25) is 0 Å². The standard InChI is InChI=1S/C22H22O2/c23-21-19-17-15-13-11-9-7-5-3-1-2-4-6-8-10-12-14-16-18-20-22-24/h23-24H,5-8,17-22H2. The monoisotopic (exact) mass is 318 g/mol. The van der Waals surface area contributed by atoms with Gasteiger partial charge in [-0.2, -0.15) is 0 Å². The normalized spacial score (nSPS) is 7.25. The third kappa shape index (κ3) is 19.3. The van der Waals surface area contributed by atoms with Crippen LogP contribution in [0.25, 0.3) is 0 Å². The highest BCUT2D eigenvalue weighted by Crippen LogP contribution is 1.85. The molecule has 0 aromatic rings. The van der Waals surface area contributed by atoms with Crippen LogP contribution < -0.4 is 0 Å². The Morgan fingerprint density at radius 2 is 0.625 bits per heavy atom. The molecule has 0 atom stereocenters. The summed E-state index contributed by atoms with van der Waals surface area (Å²) in [5.74, 6) is 34.0. The van der Waals surface area contributed by atoms with Crippen LogP contribution in [0.5, 0.6) is 0 Å². The number of unbranched alkanes of at least 4 members (excludes halogenated alkanes) is 4. The first kappa shape index (κ1) is 21.3. The van der Waals surface area contributed by atoms with Crippen LogP contribution in [0.2, 0.25) is 0 Å². The molecule has 0 spiro atoms. The van der Waals surface area contributed by atoms with E-state index in [1.165, 1.54) is 0 Å². The molecule has 0 aliphatic heterocycles. The van der Waals surface area contributed by atoms with Crippen LogP contribution in [0, 0.1) is 71.0 Å². The van der Waals surface area contributed by atoms with Gasteiger partial charge in [0, 0.05) is 51.7 Å². The van der Waals surface area contributed by atoms with Crippen molar-refractivity contribution in [2.75, 3.05) is 13.2 Å². The smallest absolute Gasteiger partial charge is 0.0440 e. The molecule has 0 saturated heterocycles. The zero-order valence-electron chi connectivity index (χ0n) is 14.0. The topological polar surface area (TPSA) is 40.5 Å². The number of aliphatic hydroxyl groups is 2. The zero-order valence-corrected chi connectivity index (χ0v) is 14.0. The van der Waals surface area contributed by atoms with Gasteiger partial charge in [0.1, 0.15) is 0 Å². The molecule has 0 aromatic carbocycles. The Morgan fingerprint density at radius 3 is 0.875 bits per heavy atom. The summed E-state index contributed by atoms with van der Waals surface area (Å²) in [6, 6.07) is 0. The second-order valence-electron chi connectivity index (χ2n) is 4.46. The first-order valence-electron chi connectivity index (χ1n) is 8.00. The van der Waals surface area contributed by atoms with Crippen LogP contribution in [0.4, 0.5) is 0 Å². The molecule has 0 radical (unpaired) electrons. The van der Waals surface area contributed by atoms with E-state index in [1.54, 1.807) is 0 Å². The zero-order chi connectivity index (χ0) is 17.6. The molecule has 0 rings (SSSR count). The van der Waals surface area contributed by atoms with E-state index < -0.39 is 0 Å². The Hall–Kier alpha value is -2.72. The average molecular weight is 318 g/mol. The summed E-state index contributed by atoms with van der Waals surface area (Å²) in [6.45, 7) is 0.343. The van der Waals surface area contributed by atoms with E-state index in [0.717, 1.165) is 0 Å². The number of hydrogen-bond donors (Lipinski definition) is 2. The molecule has 0 aliphatic rings. The highest BCUT2D eigenvalue weighted by atomic mass is 16.3. The summed E-state index contributed by atoms with van der Waals surface area (Å²) in [5, 5.41) is 17.1. The quantitative estimate of drug-likeness (QED) is 0.582. The van der Waals surface area contributed by atoms with Crippen LogP contribution in [0.1, 0.15) is 51.4 Å². The van der Waals surface area contributed by atoms with Crippen molar-refractivity contribution < 1.29 is 10.2 Å². The van der Waals surface area contributed by atoms with Crippen molar-refractivity contribution in [1.82, 2.24) is 0 Å². The van der Waals surface area contributed by atoms with Gasteiger partial charge in [0.05, 0.1) is 0 Å². The Kier molecular flexibility index (Phi) is 18.0. The van der Waals surface area contributed by atoms with Crippen LogP contribution in [0.15, 0.2) is 0 Å². The molecule has 2 N–H and O–H groups in total. The Morgan fingerprint density at radius 1 is 0.375 bits per heavy atom. The van der Waals surface area contributed by atoms with Gasteiger partial charge < -0.3 is 10.2 Å². The number of hydrogen-bond acceptors (Lipinski definition) is 2. The third-order valence-corrected chi connectivity index (χ3v) is 2.39. The lowest BCUT2D eigenvalue weighted by Gasteiger charge is -1.81. The van der Waals surface area contributed by atoms with E-state index in [4.69, 9.17) is 10.2 Å². The fraction of sp³-hybridized carbons (Fsp3) is 0.455. The lowest BCUT2D eigenvalue weighted by atomic mass is 10.3. The minimum Gasteiger partial charge on any atom is -0.396 e. The first-order valence-corrected chi connectivity index (χ1v) is 8.00. The SMILES string of the molecule is OCCCC#CC#CCCC#CC#CCCC#CC#CCCCO. The van der Waals surface area contributed by atoms with E-state index in [1.807, 2.05) is 0 Å². The van der Waals surface area contributed by atoms with Crippen molar-refractivity contribution in [2.45, 2.75) is 51.4 Å². The molecule has 2 nitrogen and oxygen atoms in total. The molecule has 2 heteroatoms. The number of aliphatic hydroxyl groups excluding tert-OH is 2. The van der Waals surface area contributed by atoms with Crippen molar-refractivity contribution in [3.05, 3.63) is 0 Å². The van der Waals surface area contributed by atoms with Crippen molar-refractivity contribution in [3.63, 3.8) is 0 Å². The van der Waals surface area contributed by atoms with Crippen molar-refractivity contribution >= 4 is 0 Å². The van der Waals surface area contributed by atoms with Crippen LogP contribution in [0.3, 0.4) is 0 Å². The molecule has 0 aromatic heterocycles. The highest BCUT2D eigenvalue weighted by molar-refractivity contribution is 5.29. The molecule has 0 aliphatic carbocycles. The fourth-order valence-corrected chi connectivity index (χ4v) is 1.23. The van der Waals surface area contributed by atoms with Gasteiger partial charge in [-0.3, -0.25) is 0 Å². The Bertz CT molecular complexity index is 628. The summed E-state index contributed by atoms with van der Waals surface area (Å²) in [4.78, 5) is 0. The minimum atomic E-state index is 0.171. The Labute approximate surface area is 146 Å². The van der Waals surface area contributed by atoms with Gasteiger partial charge in [-0.25, -0.2) is 0 Å². The lowest BCUT2D eigenvalue weighted by molar-refractivity contribution is 0.290. The summed E-state index contributed by atoms with van der Waals surface area (Å²) < 4.78 is 0. The van der Waals surface area contributed by atoms with Gasteiger partial charge in [0.15, 0.2) is 0 Å². The van der Waals surface area contributed by atoms with Crippen LogP contribution in [-0.2, 0) is 0 Å². The van der Waals surface area contributed by atoms with Gasteiger partial charge in [-0.15, -0.1) is 0 Å². The second-order valence-corrected chi connectivity index (χ2v) is 4.46. The minimum absolute atomic E-state index is 0.171. The maximum absolute atomic E-state index is 8.57. The summed E-state index contributed by atoms with van der Waals surface area (Å²) in [7, 11) is 0. The van der Waals surface area contributed by atoms with Crippen molar-refractivity contribution in [2.24, 2.45) is 0 Å². The van der Waals surface area contributed by atoms with Gasteiger partial charge in [-0.05, 0) is 48.4 Å². The summed E-state index contributed by atoms with van der Waals surface area (Å²) in [5.41, 5.74) is 0. The first-order chi connectivity index (χ1) is 11.9. The molecule has 0 fully saturated rings. The van der Waals surface area contributed by atoms with Gasteiger partial charge >= 0.3 is 0 Å². The predicted molar refractivity (Wildman–Crippen MR) is 97.8 cm³/mol. The molecule has 122 valence electrons. The fourth-order valence-electron chi connectivity index (χ4n) is 1.23. The Balaban J connectivity index is 3.72. The van der Waals surface area contributed by atoms with E-state index in [9.17, 15) is 0 Å². The molecular weight excluding hydrogens is 296 g/mol. The maximum atomic E-state index is 8.57. The summed E-state index contributed by atoms with van der Waals surface area (Å²) in [6.07, 6.45) is 5.49. The molecule has 0 heterocycles. The van der Waals surface area contributed by atoms with Gasteiger partial charge in [-0.1, -0.05) is 35.5 Å². The van der Waals surface area contributed by atoms with Crippen molar-refractivity contribution in [1.29, 1.82) is 0 Å². The van der Waals surface area contributed by atoms with Gasteiger partial charge in [0.25, 0.3) is 0 Å². The molecular formula is C22H22O2. The average Bonchev–Trinajstić information content (AvgIpc) is 2.60. The molecule has 0 unspecified atom stereocenters. The maximum Gasteiger partial charge on any atom is 0.0440 e. The molecule has 24 heavy (non-hydrogen) atoms. The van der Waals surface area contributed by atoms with Crippen LogP contribution >= 0.6 is 0 Å². The third-order valence-electron chi connectivity index (χ3n) is 2.39. The predicted octanol–water partition coefficient (Wildman–Crippen LogP) is 2.11. The largest absolute Gasteiger partial charge is 0.396 e. The molecule has 0 saturated carbocycles. The number of rotatable bonds is 6. The van der Waals surface area contributed by atoms with Crippen molar-refractivity contribution in [3.8, 4) is 71.0 Å². The van der Waals surface area contributed by atoms with E-state index in [-0.39, 0.29) is 13.2 Å².